The van der Waals surface area contributed by atoms with E-state index in [1.165, 1.54) is 26.2 Å². The van der Waals surface area contributed by atoms with Crippen LogP contribution in [0.5, 0.6) is 11.5 Å². The first-order valence-corrected chi connectivity index (χ1v) is 9.93. The van der Waals surface area contributed by atoms with Crippen LogP contribution in [0.4, 0.5) is 0 Å². The molecule has 0 unspecified atom stereocenters. The second-order valence-electron chi connectivity index (χ2n) is 6.47. The van der Waals surface area contributed by atoms with Crippen LogP contribution < -0.4 is 14.8 Å². The van der Waals surface area contributed by atoms with E-state index in [4.69, 9.17) is 9.47 Å². The topological polar surface area (TPSA) is 84.9 Å². The number of amides is 1. The standard InChI is InChI=1S/C19H22N2O5S/c1-13-8-9-15(27(23,24)21(2)3)10-16(13)19(22)20-11-14-12-25-17-6-4-5-7-18(17)26-14/h4-10,14H,11-12H2,1-3H3,(H,20,22)/t14-/m0/s1. The van der Waals surface area contributed by atoms with E-state index in [1.807, 2.05) is 24.3 Å². The van der Waals surface area contributed by atoms with E-state index < -0.39 is 10.0 Å². The maximum Gasteiger partial charge on any atom is 0.251 e. The minimum atomic E-state index is -3.61. The maximum absolute atomic E-state index is 12.6. The first-order valence-electron chi connectivity index (χ1n) is 8.49. The number of benzene rings is 2. The second kappa shape index (κ2) is 7.58. The van der Waals surface area contributed by atoms with Crippen LogP contribution in [-0.4, -0.2) is 52.0 Å². The Kier molecular flexibility index (Phi) is 5.38. The zero-order chi connectivity index (χ0) is 19.6. The van der Waals surface area contributed by atoms with Gasteiger partial charge in [-0.05, 0) is 36.8 Å². The highest BCUT2D eigenvalue weighted by atomic mass is 32.2. The highest BCUT2D eigenvalue weighted by molar-refractivity contribution is 7.89. The summed E-state index contributed by atoms with van der Waals surface area (Å²) < 4.78 is 37.2. The predicted molar refractivity (Wildman–Crippen MR) is 101 cm³/mol. The van der Waals surface area contributed by atoms with Crippen molar-refractivity contribution in [2.45, 2.75) is 17.9 Å². The summed E-state index contributed by atoms with van der Waals surface area (Å²) in [5.41, 5.74) is 1.01. The van der Waals surface area contributed by atoms with E-state index in [2.05, 4.69) is 5.32 Å². The van der Waals surface area contributed by atoms with Crippen molar-refractivity contribution in [1.29, 1.82) is 0 Å². The molecule has 8 heteroatoms. The Balaban J connectivity index is 1.70. The fourth-order valence-electron chi connectivity index (χ4n) is 2.68. The van der Waals surface area contributed by atoms with Gasteiger partial charge in [-0.25, -0.2) is 12.7 Å². The zero-order valence-corrected chi connectivity index (χ0v) is 16.2. The van der Waals surface area contributed by atoms with Gasteiger partial charge in [0.1, 0.15) is 12.7 Å². The highest BCUT2D eigenvalue weighted by Gasteiger charge is 2.23. The fraction of sp³-hybridized carbons (Fsp3) is 0.316. The summed E-state index contributed by atoms with van der Waals surface area (Å²) in [6, 6.07) is 11.9. The van der Waals surface area contributed by atoms with Gasteiger partial charge in [-0.2, -0.15) is 0 Å². The predicted octanol–water partition coefficient (Wildman–Crippen LogP) is 1.82. The summed E-state index contributed by atoms with van der Waals surface area (Å²) >= 11 is 0. The molecule has 1 aliphatic heterocycles. The van der Waals surface area contributed by atoms with Gasteiger partial charge < -0.3 is 14.8 Å². The van der Waals surface area contributed by atoms with E-state index >= 15 is 0 Å². The van der Waals surface area contributed by atoms with Gasteiger partial charge in [-0.15, -0.1) is 0 Å². The molecule has 2 aromatic rings. The molecule has 0 aromatic heterocycles. The number of hydrogen-bond acceptors (Lipinski definition) is 5. The molecule has 7 nitrogen and oxygen atoms in total. The van der Waals surface area contributed by atoms with E-state index in [-0.39, 0.29) is 23.5 Å². The van der Waals surface area contributed by atoms with E-state index in [1.54, 1.807) is 13.0 Å². The molecule has 0 saturated carbocycles. The number of carbonyl (C=O) groups excluding carboxylic acids is 1. The molecule has 1 heterocycles. The number of fused-ring (bicyclic) bond motifs is 1. The molecule has 0 bridgehead atoms. The molecule has 0 fully saturated rings. The molecule has 1 atom stereocenters. The quantitative estimate of drug-likeness (QED) is 0.842. The minimum Gasteiger partial charge on any atom is -0.486 e. The molecule has 0 saturated heterocycles. The van der Waals surface area contributed by atoms with Crippen LogP contribution in [0, 0.1) is 6.92 Å². The molecule has 3 rings (SSSR count). The third-order valence-corrected chi connectivity index (χ3v) is 6.10. The van der Waals surface area contributed by atoms with E-state index in [0.717, 1.165) is 4.31 Å². The first-order chi connectivity index (χ1) is 12.8. The van der Waals surface area contributed by atoms with Crippen LogP contribution in [0.25, 0.3) is 0 Å². The van der Waals surface area contributed by atoms with E-state index in [0.29, 0.717) is 29.2 Å². The number of ether oxygens (including phenoxy) is 2. The van der Waals surface area contributed by atoms with Crippen molar-refractivity contribution < 1.29 is 22.7 Å². The normalized spacial score (nSPS) is 16.2. The summed E-state index contributed by atoms with van der Waals surface area (Å²) in [5.74, 6) is 0.960. The van der Waals surface area contributed by atoms with Gasteiger partial charge in [-0.1, -0.05) is 18.2 Å². The Bertz CT molecular complexity index is 956. The van der Waals surface area contributed by atoms with Crippen LogP contribution in [-0.2, 0) is 10.0 Å². The van der Waals surface area contributed by atoms with Crippen molar-refractivity contribution in [3.63, 3.8) is 0 Å². The molecule has 1 aliphatic rings. The van der Waals surface area contributed by atoms with E-state index in [9.17, 15) is 13.2 Å². The van der Waals surface area contributed by atoms with Crippen LogP contribution >= 0.6 is 0 Å². The van der Waals surface area contributed by atoms with Crippen LogP contribution in [0.1, 0.15) is 15.9 Å². The maximum atomic E-state index is 12.6. The van der Waals surface area contributed by atoms with Crippen molar-refractivity contribution in [1.82, 2.24) is 9.62 Å². The molecule has 0 radical (unpaired) electrons. The zero-order valence-electron chi connectivity index (χ0n) is 15.4. The number of para-hydroxylation sites is 2. The van der Waals surface area contributed by atoms with Crippen LogP contribution in [0.2, 0.25) is 0 Å². The average molecular weight is 390 g/mol. The summed E-state index contributed by atoms with van der Waals surface area (Å²) in [4.78, 5) is 12.7. The number of aryl methyl sites for hydroxylation is 1. The molecule has 1 amide bonds. The molecule has 0 spiro atoms. The average Bonchev–Trinajstić information content (AvgIpc) is 2.66. The molecule has 1 N–H and O–H groups in total. The third-order valence-electron chi connectivity index (χ3n) is 4.29. The minimum absolute atomic E-state index is 0.0782. The lowest BCUT2D eigenvalue weighted by Gasteiger charge is -2.26. The number of nitrogens with zero attached hydrogens (tertiary/aromatic N) is 1. The van der Waals surface area contributed by atoms with Gasteiger partial charge in [0.05, 0.1) is 11.4 Å². The SMILES string of the molecule is Cc1ccc(S(=O)(=O)N(C)C)cc1C(=O)NC[C@H]1COc2ccccc2O1. The number of hydrogen-bond donors (Lipinski definition) is 1. The van der Waals surface area contributed by atoms with Gasteiger partial charge in [0.2, 0.25) is 10.0 Å². The summed E-state index contributed by atoms with van der Waals surface area (Å²) in [6.45, 7) is 2.33. The van der Waals surface area contributed by atoms with Gasteiger partial charge in [0.25, 0.3) is 5.91 Å². The molecule has 144 valence electrons. The fourth-order valence-corrected chi connectivity index (χ4v) is 3.61. The van der Waals surface area contributed by atoms with Crippen molar-refractivity contribution in [3.8, 4) is 11.5 Å². The second-order valence-corrected chi connectivity index (χ2v) is 8.62. The smallest absolute Gasteiger partial charge is 0.251 e. The van der Waals surface area contributed by atoms with Gasteiger partial charge in [0.15, 0.2) is 11.5 Å². The lowest BCUT2D eigenvalue weighted by molar-refractivity contribution is 0.0789. The number of sulfonamides is 1. The van der Waals surface area contributed by atoms with Crippen molar-refractivity contribution >= 4 is 15.9 Å². The van der Waals surface area contributed by atoms with Gasteiger partial charge in [-0.3, -0.25) is 4.79 Å². The van der Waals surface area contributed by atoms with Crippen molar-refractivity contribution in [2.24, 2.45) is 0 Å². The number of rotatable bonds is 5. The van der Waals surface area contributed by atoms with Crippen molar-refractivity contribution in [3.05, 3.63) is 53.6 Å². The Labute approximate surface area is 158 Å². The molecular formula is C19H22N2O5S. The lowest BCUT2D eigenvalue weighted by atomic mass is 10.1. The Morgan fingerprint density at radius 3 is 2.59 bits per heavy atom. The monoisotopic (exact) mass is 390 g/mol. The lowest BCUT2D eigenvalue weighted by Crippen LogP contribution is -2.41. The molecule has 27 heavy (non-hydrogen) atoms. The van der Waals surface area contributed by atoms with Crippen LogP contribution in [0.15, 0.2) is 47.4 Å². The van der Waals surface area contributed by atoms with Crippen LogP contribution in [0.3, 0.4) is 0 Å². The van der Waals surface area contributed by atoms with Gasteiger partial charge >= 0.3 is 0 Å². The first kappa shape index (κ1) is 19.2. The van der Waals surface area contributed by atoms with Crippen molar-refractivity contribution in [2.75, 3.05) is 27.2 Å². The molecular weight excluding hydrogens is 368 g/mol. The number of nitrogens with one attached hydrogen (secondary N) is 1. The third kappa shape index (κ3) is 4.06. The Morgan fingerprint density at radius 2 is 1.89 bits per heavy atom. The Morgan fingerprint density at radius 1 is 1.19 bits per heavy atom. The van der Waals surface area contributed by atoms with Gasteiger partial charge in [0, 0.05) is 19.7 Å². The summed E-state index contributed by atoms with van der Waals surface area (Å²) in [7, 11) is -0.707. The summed E-state index contributed by atoms with van der Waals surface area (Å²) in [5, 5.41) is 2.80. The molecule has 2 aromatic carbocycles. The Hall–Kier alpha value is -2.58. The molecule has 0 aliphatic carbocycles. The highest BCUT2D eigenvalue weighted by Crippen LogP contribution is 2.30. The number of carbonyl (C=O) groups is 1. The largest absolute Gasteiger partial charge is 0.486 e. The summed E-state index contributed by atoms with van der Waals surface area (Å²) in [6.07, 6.45) is -0.321.